The van der Waals surface area contributed by atoms with Crippen molar-refractivity contribution in [2.24, 2.45) is 7.05 Å². The first kappa shape index (κ1) is 12.2. The number of aromatic nitrogens is 2. The summed E-state index contributed by atoms with van der Waals surface area (Å²) in [4.78, 5) is 0. The van der Waals surface area contributed by atoms with E-state index in [0.717, 1.165) is 13.2 Å². The highest BCUT2D eigenvalue weighted by Gasteiger charge is 2.19. The van der Waals surface area contributed by atoms with Gasteiger partial charge in [0.1, 0.15) is 0 Å². The third kappa shape index (κ3) is 3.32. The molecule has 4 heteroatoms. The molecular formula is C11H21N3O. The average molecular weight is 211 g/mol. The van der Waals surface area contributed by atoms with Gasteiger partial charge in [-0.2, -0.15) is 5.10 Å². The first-order chi connectivity index (χ1) is 7.19. The van der Waals surface area contributed by atoms with Crippen molar-refractivity contribution in [2.75, 3.05) is 13.2 Å². The van der Waals surface area contributed by atoms with Gasteiger partial charge in [-0.25, -0.2) is 0 Å². The SMILES string of the molecule is CCNC(c1cnn(C)c1)C(C)OCC. The molecule has 1 rings (SSSR count). The van der Waals surface area contributed by atoms with E-state index in [0.29, 0.717) is 0 Å². The number of nitrogens with one attached hydrogen (secondary N) is 1. The lowest BCUT2D eigenvalue weighted by molar-refractivity contribution is 0.0476. The molecule has 0 radical (unpaired) electrons. The molecule has 15 heavy (non-hydrogen) atoms. The van der Waals surface area contributed by atoms with Gasteiger partial charge in [-0.05, 0) is 20.4 Å². The summed E-state index contributed by atoms with van der Waals surface area (Å²) in [6.07, 6.45) is 4.09. The molecule has 1 heterocycles. The monoisotopic (exact) mass is 211 g/mol. The van der Waals surface area contributed by atoms with Crippen molar-refractivity contribution in [1.29, 1.82) is 0 Å². The van der Waals surface area contributed by atoms with E-state index in [2.05, 4.69) is 24.3 Å². The molecule has 0 saturated carbocycles. The number of aryl methyl sites for hydroxylation is 1. The largest absolute Gasteiger partial charge is 0.377 e. The molecule has 4 nitrogen and oxygen atoms in total. The Labute approximate surface area is 91.6 Å². The first-order valence-corrected chi connectivity index (χ1v) is 5.52. The second kappa shape index (κ2) is 5.88. The molecule has 0 aromatic carbocycles. The third-order valence-electron chi connectivity index (χ3n) is 2.41. The zero-order valence-electron chi connectivity index (χ0n) is 10.0. The topological polar surface area (TPSA) is 39.1 Å². The molecule has 0 fully saturated rings. The van der Waals surface area contributed by atoms with Crippen molar-refractivity contribution in [3.63, 3.8) is 0 Å². The highest BCUT2D eigenvalue weighted by molar-refractivity contribution is 5.11. The van der Waals surface area contributed by atoms with Gasteiger partial charge in [0.05, 0.1) is 18.3 Å². The van der Waals surface area contributed by atoms with Crippen molar-refractivity contribution >= 4 is 0 Å². The summed E-state index contributed by atoms with van der Waals surface area (Å²) in [6.45, 7) is 7.87. The van der Waals surface area contributed by atoms with Crippen molar-refractivity contribution < 1.29 is 4.74 Å². The van der Waals surface area contributed by atoms with Crippen LogP contribution in [0.15, 0.2) is 12.4 Å². The normalized spacial score (nSPS) is 15.2. The molecular weight excluding hydrogens is 190 g/mol. The lowest BCUT2D eigenvalue weighted by Crippen LogP contribution is -2.31. The van der Waals surface area contributed by atoms with E-state index < -0.39 is 0 Å². The van der Waals surface area contributed by atoms with E-state index in [-0.39, 0.29) is 12.1 Å². The minimum absolute atomic E-state index is 0.166. The number of nitrogens with zero attached hydrogens (tertiary/aromatic N) is 2. The highest BCUT2D eigenvalue weighted by Crippen LogP contribution is 2.18. The Kier molecular flexibility index (Phi) is 4.78. The number of hydrogen-bond donors (Lipinski definition) is 1. The predicted molar refractivity (Wildman–Crippen MR) is 60.7 cm³/mol. The van der Waals surface area contributed by atoms with Gasteiger partial charge in [0, 0.05) is 25.4 Å². The Bertz CT molecular complexity index is 285. The quantitative estimate of drug-likeness (QED) is 0.775. The fraction of sp³-hybridized carbons (Fsp3) is 0.727. The van der Waals surface area contributed by atoms with Crippen LogP contribution in [0.1, 0.15) is 32.4 Å². The molecule has 2 unspecified atom stereocenters. The van der Waals surface area contributed by atoms with Gasteiger partial charge in [0.25, 0.3) is 0 Å². The summed E-state index contributed by atoms with van der Waals surface area (Å²) < 4.78 is 7.44. The summed E-state index contributed by atoms with van der Waals surface area (Å²) in [5, 5.41) is 7.60. The van der Waals surface area contributed by atoms with Crippen molar-refractivity contribution in [1.82, 2.24) is 15.1 Å². The van der Waals surface area contributed by atoms with Crippen molar-refractivity contribution in [3.05, 3.63) is 18.0 Å². The maximum Gasteiger partial charge on any atom is 0.0742 e. The Balaban J connectivity index is 2.72. The van der Waals surface area contributed by atoms with Gasteiger partial charge >= 0.3 is 0 Å². The van der Waals surface area contributed by atoms with Crippen LogP contribution in [-0.4, -0.2) is 29.0 Å². The van der Waals surface area contributed by atoms with Gasteiger partial charge in [-0.1, -0.05) is 6.92 Å². The second-order valence-corrected chi connectivity index (χ2v) is 3.64. The van der Waals surface area contributed by atoms with Gasteiger partial charge in [-0.3, -0.25) is 4.68 Å². The maximum atomic E-state index is 5.62. The fourth-order valence-electron chi connectivity index (χ4n) is 1.73. The lowest BCUT2D eigenvalue weighted by Gasteiger charge is -2.23. The van der Waals surface area contributed by atoms with Gasteiger partial charge in [-0.15, -0.1) is 0 Å². The molecule has 0 spiro atoms. The summed E-state index contributed by atoms with van der Waals surface area (Å²) in [5.41, 5.74) is 1.18. The smallest absolute Gasteiger partial charge is 0.0742 e. The van der Waals surface area contributed by atoms with Crippen LogP contribution in [0.5, 0.6) is 0 Å². The maximum absolute atomic E-state index is 5.62. The van der Waals surface area contributed by atoms with Crippen molar-refractivity contribution in [3.8, 4) is 0 Å². The van der Waals surface area contributed by atoms with E-state index in [1.165, 1.54) is 5.56 Å². The van der Waals surface area contributed by atoms with Crippen LogP contribution in [0, 0.1) is 0 Å². The van der Waals surface area contributed by atoms with Gasteiger partial charge < -0.3 is 10.1 Å². The van der Waals surface area contributed by atoms with Gasteiger partial charge in [0.15, 0.2) is 0 Å². The van der Waals surface area contributed by atoms with Crippen LogP contribution in [-0.2, 0) is 11.8 Å². The zero-order valence-corrected chi connectivity index (χ0v) is 10.0. The standard InChI is InChI=1S/C11H21N3O/c1-5-12-11(9(3)15-6-2)10-7-13-14(4)8-10/h7-9,11-12H,5-6H2,1-4H3. The van der Waals surface area contributed by atoms with E-state index in [9.17, 15) is 0 Å². The van der Waals surface area contributed by atoms with Gasteiger partial charge in [0.2, 0.25) is 0 Å². The van der Waals surface area contributed by atoms with Crippen LogP contribution in [0.25, 0.3) is 0 Å². The summed E-state index contributed by atoms with van der Waals surface area (Å²) in [7, 11) is 1.93. The Hall–Kier alpha value is -0.870. The highest BCUT2D eigenvalue weighted by atomic mass is 16.5. The second-order valence-electron chi connectivity index (χ2n) is 3.64. The summed E-state index contributed by atoms with van der Waals surface area (Å²) >= 11 is 0. The Morgan fingerprint density at radius 3 is 2.73 bits per heavy atom. The molecule has 1 aromatic rings. The van der Waals surface area contributed by atoms with E-state index in [1.807, 2.05) is 31.0 Å². The van der Waals surface area contributed by atoms with E-state index >= 15 is 0 Å². The van der Waals surface area contributed by atoms with Crippen molar-refractivity contribution in [2.45, 2.75) is 32.9 Å². The molecule has 1 N–H and O–H groups in total. The van der Waals surface area contributed by atoms with Crippen LogP contribution in [0.3, 0.4) is 0 Å². The molecule has 0 aliphatic rings. The van der Waals surface area contributed by atoms with Crippen LogP contribution >= 0.6 is 0 Å². The molecule has 0 aliphatic heterocycles. The molecule has 2 atom stereocenters. The number of hydrogen-bond acceptors (Lipinski definition) is 3. The molecule has 0 bridgehead atoms. The molecule has 0 aliphatic carbocycles. The zero-order chi connectivity index (χ0) is 11.3. The Morgan fingerprint density at radius 1 is 1.53 bits per heavy atom. The van der Waals surface area contributed by atoms with Crippen LogP contribution in [0.2, 0.25) is 0 Å². The number of ether oxygens (including phenoxy) is 1. The average Bonchev–Trinajstić information content (AvgIpc) is 2.61. The fourth-order valence-corrected chi connectivity index (χ4v) is 1.73. The van der Waals surface area contributed by atoms with E-state index in [4.69, 9.17) is 4.74 Å². The molecule has 1 aromatic heterocycles. The number of likely N-dealkylation sites (N-methyl/N-ethyl adjacent to an activating group) is 1. The molecule has 86 valence electrons. The molecule has 0 saturated heterocycles. The third-order valence-corrected chi connectivity index (χ3v) is 2.41. The minimum atomic E-state index is 0.166. The van der Waals surface area contributed by atoms with Crippen LogP contribution < -0.4 is 5.32 Å². The predicted octanol–water partition coefficient (Wildman–Crippen LogP) is 1.50. The van der Waals surface area contributed by atoms with E-state index in [1.54, 1.807) is 0 Å². The summed E-state index contributed by atoms with van der Waals surface area (Å²) in [6, 6.07) is 0.226. The summed E-state index contributed by atoms with van der Waals surface area (Å²) in [5.74, 6) is 0. The first-order valence-electron chi connectivity index (χ1n) is 5.52. The number of rotatable bonds is 6. The van der Waals surface area contributed by atoms with Crippen LogP contribution in [0.4, 0.5) is 0 Å². The minimum Gasteiger partial charge on any atom is -0.377 e. The lowest BCUT2D eigenvalue weighted by atomic mass is 10.1. The Morgan fingerprint density at radius 2 is 2.27 bits per heavy atom. The molecule has 0 amide bonds.